The quantitative estimate of drug-likeness (QED) is 0.540. The van der Waals surface area contributed by atoms with Gasteiger partial charge in [0.2, 0.25) is 5.91 Å². The summed E-state index contributed by atoms with van der Waals surface area (Å²) in [4.78, 5) is 27.3. The zero-order chi connectivity index (χ0) is 24.1. The third kappa shape index (κ3) is 5.18. The van der Waals surface area contributed by atoms with Crippen molar-refractivity contribution < 1.29 is 22.7 Å². The van der Waals surface area contributed by atoms with Crippen molar-refractivity contribution in [2.24, 2.45) is 0 Å². The van der Waals surface area contributed by atoms with Crippen LogP contribution in [0.25, 0.3) is 6.08 Å². The number of nitrogens with zero attached hydrogens (tertiary/aromatic N) is 2. The standard InChI is InChI=1S/C26H24N2O5S/c1-20(29)27-19-25(33-24-15-9-8-14-23(24)27)26(30)28(18-22-12-6-3-7-13-22)34(31,32)17-16-21-10-4-2-5-11-21/h2-17,25H,18-19H2,1H3/b17-16+. The maximum Gasteiger partial charge on any atom is 0.279 e. The van der Waals surface area contributed by atoms with Crippen molar-refractivity contribution in [3.8, 4) is 5.75 Å². The maximum absolute atomic E-state index is 13.6. The fourth-order valence-electron chi connectivity index (χ4n) is 3.67. The molecule has 0 saturated carbocycles. The van der Waals surface area contributed by atoms with E-state index in [0.29, 0.717) is 22.6 Å². The van der Waals surface area contributed by atoms with Crippen molar-refractivity contribution in [3.63, 3.8) is 0 Å². The highest BCUT2D eigenvalue weighted by Gasteiger charge is 2.38. The van der Waals surface area contributed by atoms with Crippen LogP contribution in [-0.2, 0) is 26.2 Å². The first-order chi connectivity index (χ1) is 16.3. The molecule has 3 aromatic rings. The van der Waals surface area contributed by atoms with Gasteiger partial charge in [0.25, 0.3) is 15.9 Å². The molecule has 0 aromatic heterocycles. The number of fused-ring (bicyclic) bond motifs is 1. The van der Waals surface area contributed by atoms with Crippen molar-refractivity contribution in [3.05, 3.63) is 101 Å². The summed E-state index contributed by atoms with van der Waals surface area (Å²) in [6.07, 6.45) is 0.266. The molecule has 0 fully saturated rings. The third-order valence-electron chi connectivity index (χ3n) is 5.38. The average molecular weight is 477 g/mol. The molecule has 1 aliphatic heterocycles. The number of benzene rings is 3. The van der Waals surface area contributed by atoms with Crippen molar-refractivity contribution in [1.82, 2.24) is 4.31 Å². The Morgan fingerprint density at radius 3 is 2.26 bits per heavy atom. The summed E-state index contributed by atoms with van der Waals surface area (Å²) in [6.45, 7) is 1.14. The van der Waals surface area contributed by atoms with Gasteiger partial charge in [-0.2, -0.15) is 0 Å². The summed E-state index contributed by atoms with van der Waals surface area (Å²) < 4.78 is 33.4. The Balaban J connectivity index is 1.68. The summed E-state index contributed by atoms with van der Waals surface area (Å²) in [5, 5.41) is 1.02. The van der Waals surface area contributed by atoms with Crippen molar-refractivity contribution in [1.29, 1.82) is 0 Å². The Kier molecular flexibility index (Phi) is 6.79. The molecule has 7 nitrogen and oxygen atoms in total. The van der Waals surface area contributed by atoms with E-state index < -0.39 is 22.0 Å². The predicted octanol–water partition coefficient (Wildman–Crippen LogP) is 3.83. The fraction of sp³-hybridized carbons (Fsp3) is 0.154. The SMILES string of the molecule is CC(=O)N1CC(C(=O)N(Cc2ccccc2)S(=O)(=O)/C=C/c2ccccc2)Oc2ccccc21. The first-order valence-corrected chi connectivity index (χ1v) is 12.2. The molecule has 1 atom stereocenters. The largest absolute Gasteiger partial charge is 0.476 e. The Morgan fingerprint density at radius 2 is 1.59 bits per heavy atom. The molecule has 0 radical (unpaired) electrons. The number of amides is 2. The van der Waals surface area contributed by atoms with Crippen LogP contribution in [0.2, 0.25) is 0 Å². The minimum absolute atomic E-state index is 0.0889. The van der Waals surface area contributed by atoms with E-state index in [-0.39, 0.29) is 19.0 Å². The molecule has 0 saturated heterocycles. The zero-order valence-electron chi connectivity index (χ0n) is 18.6. The van der Waals surface area contributed by atoms with E-state index in [2.05, 4.69) is 0 Å². The Labute approximate surface area is 198 Å². The lowest BCUT2D eigenvalue weighted by atomic mass is 10.1. The molecule has 0 spiro atoms. The number of carbonyl (C=O) groups excluding carboxylic acids is 2. The van der Waals surface area contributed by atoms with Gasteiger partial charge in [0.05, 0.1) is 24.2 Å². The number of para-hydroxylation sites is 2. The molecule has 1 heterocycles. The molecule has 3 aromatic carbocycles. The smallest absolute Gasteiger partial charge is 0.279 e. The van der Waals surface area contributed by atoms with Gasteiger partial charge in [-0.3, -0.25) is 9.59 Å². The van der Waals surface area contributed by atoms with E-state index in [1.165, 1.54) is 17.9 Å². The molecule has 1 unspecified atom stereocenters. The second kappa shape index (κ2) is 9.93. The van der Waals surface area contributed by atoms with Crippen LogP contribution in [0, 0.1) is 0 Å². The molecule has 2 amide bonds. The second-order valence-corrected chi connectivity index (χ2v) is 9.54. The molecule has 0 N–H and O–H groups in total. The Bertz CT molecular complexity index is 1310. The van der Waals surface area contributed by atoms with Gasteiger partial charge < -0.3 is 9.64 Å². The van der Waals surface area contributed by atoms with E-state index in [9.17, 15) is 18.0 Å². The Morgan fingerprint density at radius 1 is 0.971 bits per heavy atom. The van der Waals surface area contributed by atoms with Crippen LogP contribution in [0.4, 0.5) is 5.69 Å². The maximum atomic E-state index is 13.6. The predicted molar refractivity (Wildman–Crippen MR) is 130 cm³/mol. The van der Waals surface area contributed by atoms with Crippen LogP contribution in [0.15, 0.2) is 90.3 Å². The molecular weight excluding hydrogens is 452 g/mol. The van der Waals surface area contributed by atoms with E-state index in [0.717, 1.165) is 9.71 Å². The lowest BCUT2D eigenvalue weighted by molar-refractivity contribution is -0.134. The summed E-state index contributed by atoms with van der Waals surface area (Å²) in [5.74, 6) is -0.670. The highest BCUT2D eigenvalue weighted by Crippen LogP contribution is 2.34. The normalized spacial score (nSPS) is 15.4. The molecule has 8 heteroatoms. The summed E-state index contributed by atoms with van der Waals surface area (Å²) >= 11 is 0. The molecule has 1 aliphatic rings. The van der Waals surface area contributed by atoms with Crippen molar-refractivity contribution >= 4 is 33.6 Å². The average Bonchev–Trinajstić information content (AvgIpc) is 2.86. The van der Waals surface area contributed by atoms with Gasteiger partial charge >= 0.3 is 0 Å². The highest BCUT2D eigenvalue weighted by atomic mass is 32.2. The lowest BCUT2D eigenvalue weighted by Gasteiger charge is -2.35. The molecule has 34 heavy (non-hydrogen) atoms. The van der Waals surface area contributed by atoms with Gasteiger partial charge in [0.1, 0.15) is 5.75 Å². The molecule has 4 rings (SSSR count). The second-order valence-electron chi connectivity index (χ2n) is 7.79. The number of sulfonamides is 1. The monoisotopic (exact) mass is 476 g/mol. The van der Waals surface area contributed by atoms with Gasteiger partial charge in [-0.1, -0.05) is 72.8 Å². The van der Waals surface area contributed by atoms with E-state index >= 15 is 0 Å². The summed E-state index contributed by atoms with van der Waals surface area (Å²) in [7, 11) is -4.16. The van der Waals surface area contributed by atoms with Crippen molar-refractivity contribution in [2.45, 2.75) is 19.6 Å². The fourth-order valence-corrected chi connectivity index (χ4v) is 4.84. The molecule has 174 valence electrons. The summed E-state index contributed by atoms with van der Waals surface area (Å²) in [5.41, 5.74) is 1.87. The van der Waals surface area contributed by atoms with Crippen LogP contribution < -0.4 is 9.64 Å². The minimum atomic E-state index is -4.16. The van der Waals surface area contributed by atoms with Crippen LogP contribution in [0.3, 0.4) is 0 Å². The number of hydrogen-bond donors (Lipinski definition) is 0. The zero-order valence-corrected chi connectivity index (χ0v) is 19.4. The van der Waals surface area contributed by atoms with Gasteiger partial charge in [-0.15, -0.1) is 0 Å². The van der Waals surface area contributed by atoms with E-state index in [1.807, 2.05) is 12.1 Å². The molecule has 0 aliphatic carbocycles. The molecular formula is C26H24N2O5S. The van der Waals surface area contributed by atoms with Crippen molar-refractivity contribution in [2.75, 3.05) is 11.4 Å². The first-order valence-electron chi connectivity index (χ1n) is 10.7. The van der Waals surface area contributed by atoms with Gasteiger partial charge in [0.15, 0.2) is 6.10 Å². The van der Waals surface area contributed by atoms with Crippen LogP contribution >= 0.6 is 0 Å². The van der Waals surface area contributed by atoms with E-state index in [4.69, 9.17) is 4.74 Å². The number of anilines is 1. The number of carbonyl (C=O) groups is 2. The van der Waals surface area contributed by atoms with Crippen LogP contribution in [0.5, 0.6) is 5.75 Å². The number of hydrogen-bond acceptors (Lipinski definition) is 5. The van der Waals surface area contributed by atoms with E-state index in [1.54, 1.807) is 72.8 Å². The lowest BCUT2D eigenvalue weighted by Crippen LogP contribution is -2.52. The minimum Gasteiger partial charge on any atom is -0.476 e. The Hall–Kier alpha value is -3.91. The summed E-state index contributed by atoms with van der Waals surface area (Å²) in [6, 6.07) is 24.7. The van der Waals surface area contributed by atoms with Crippen LogP contribution in [-0.4, -0.2) is 37.2 Å². The number of ether oxygens (including phenoxy) is 1. The topological polar surface area (TPSA) is 84.0 Å². The third-order valence-corrected chi connectivity index (χ3v) is 6.79. The highest BCUT2D eigenvalue weighted by molar-refractivity contribution is 7.92. The van der Waals surface area contributed by atoms with Gasteiger partial charge in [0, 0.05) is 6.92 Å². The first kappa shape index (κ1) is 23.3. The van der Waals surface area contributed by atoms with Crippen LogP contribution in [0.1, 0.15) is 18.1 Å². The number of rotatable bonds is 6. The van der Waals surface area contributed by atoms with Gasteiger partial charge in [-0.05, 0) is 29.3 Å². The molecule has 0 bridgehead atoms. The van der Waals surface area contributed by atoms with Gasteiger partial charge in [-0.25, -0.2) is 12.7 Å².